The largest absolute Gasteiger partial charge is 0.368 e. The molecule has 130 valence electrons. The van der Waals surface area contributed by atoms with Crippen molar-refractivity contribution in [1.29, 1.82) is 0 Å². The van der Waals surface area contributed by atoms with Crippen LogP contribution < -0.4 is 9.80 Å². The van der Waals surface area contributed by atoms with E-state index in [1.165, 1.54) is 12.1 Å². The van der Waals surface area contributed by atoms with Crippen molar-refractivity contribution in [3.8, 4) is 0 Å². The maximum absolute atomic E-state index is 13.1. The number of hydrogen-bond acceptors (Lipinski definition) is 3. The molecular weight excluding hydrogens is 327 g/mol. The fourth-order valence-electron chi connectivity index (χ4n) is 3.77. The second kappa shape index (κ2) is 6.02. The molecule has 0 bridgehead atoms. The van der Waals surface area contributed by atoms with Crippen molar-refractivity contribution in [2.45, 2.75) is 0 Å². The summed E-state index contributed by atoms with van der Waals surface area (Å²) in [7, 11) is 0. The molecule has 1 aliphatic rings. The van der Waals surface area contributed by atoms with Gasteiger partial charge in [0.2, 0.25) is 0 Å². The number of piperazine rings is 1. The molecule has 0 radical (unpaired) electrons. The van der Waals surface area contributed by atoms with Crippen LogP contribution in [0.25, 0.3) is 16.6 Å². The highest BCUT2D eigenvalue weighted by Crippen LogP contribution is 2.27. The van der Waals surface area contributed by atoms with Gasteiger partial charge in [0.15, 0.2) is 5.82 Å². The third-order valence-corrected chi connectivity index (χ3v) is 5.12. The summed E-state index contributed by atoms with van der Waals surface area (Å²) < 4.78 is 15.4. The van der Waals surface area contributed by atoms with E-state index < -0.39 is 0 Å². The van der Waals surface area contributed by atoms with E-state index in [0.29, 0.717) is 0 Å². The fourth-order valence-corrected chi connectivity index (χ4v) is 3.77. The Morgan fingerprint density at radius 3 is 2.23 bits per heavy atom. The Labute approximate surface area is 151 Å². The van der Waals surface area contributed by atoms with Gasteiger partial charge in [-0.15, -0.1) is 0 Å². The topological polar surface area (TPSA) is 23.8 Å². The number of rotatable bonds is 2. The van der Waals surface area contributed by atoms with E-state index in [0.717, 1.165) is 54.2 Å². The van der Waals surface area contributed by atoms with Crippen molar-refractivity contribution in [3.05, 3.63) is 72.7 Å². The SMILES string of the molecule is Fc1ccc(N2CCN(c3nc4ccccc4n4cccc34)CC2)cc1. The zero-order chi connectivity index (χ0) is 17.5. The van der Waals surface area contributed by atoms with Crippen molar-refractivity contribution in [3.63, 3.8) is 0 Å². The number of anilines is 2. The first-order chi connectivity index (χ1) is 12.8. The molecule has 0 saturated carbocycles. The molecule has 5 heteroatoms. The van der Waals surface area contributed by atoms with Crippen LogP contribution >= 0.6 is 0 Å². The van der Waals surface area contributed by atoms with Gasteiger partial charge in [-0.05, 0) is 48.5 Å². The highest BCUT2D eigenvalue weighted by molar-refractivity contribution is 5.85. The van der Waals surface area contributed by atoms with Crippen molar-refractivity contribution in [1.82, 2.24) is 9.38 Å². The second-order valence-electron chi connectivity index (χ2n) is 6.64. The van der Waals surface area contributed by atoms with Gasteiger partial charge in [-0.1, -0.05) is 12.1 Å². The zero-order valence-corrected chi connectivity index (χ0v) is 14.3. The number of fused-ring (bicyclic) bond motifs is 3. The Balaban J connectivity index is 1.46. The molecule has 5 rings (SSSR count). The standard InChI is InChI=1S/C21H19FN4/c22-16-7-9-17(10-8-16)24-12-14-25(15-13-24)21-20-6-3-11-26(20)19-5-2-1-4-18(19)23-21/h1-11H,12-15H2. The first kappa shape index (κ1) is 15.2. The predicted molar refractivity (Wildman–Crippen MR) is 104 cm³/mol. The monoisotopic (exact) mass is 346 g/mol. The van der Waals surface area contributed by atoms with E-state index >= 15 is 0 Å². The van der Waals surface area contributed by atoms with Crippen molar-refractivity contribution in [2.24, 2.45) is 0 Å². The minimum absolute atomic E-state index is 0.191. The summed E-state index contributed by atoms with van der Waals surface area (Å²) >= 11 is 0. The molecule has 2 aromatic carbocycles. The Morgan fingerprint density at radius 1 is 0.731 bits per heavy atom. The molecule has 3 heterocycles. The Hall–Kier alpha value is -3.08. The van der Waals surface area contributed by atoms with E-state index in [-0.39, 0.29) is 5.82 Å². The lowest BCUT2D eigenvalue weighted by atomic mass is 10.2. The van der Waals surface area contributed by atoms with Gasteiger partial charge in [-0.25, -0.2) is 9.37 Å². The molecule has 26 heavy (non-hydrogen) atoms. The fraction of sp³-hybridized carbons (Fsp3) is 0.190. The molecule has 1 saturated heterocycles. The molecular formula is C21H19FN4. The number of aromatic nitrogens is 2. The van der Waals surface area contributed by atoms with E-state index in [2.05, 4.69) is 44.7 Å². The summed E-state index contributed by atoms with van der Waals surface area (Å²) in [6.45, 7) is 3.58. The van der Waals surface area contributed by atoms with Crippen LogP contribution in [-0.4, -0.2) is 35.6 Å². The zero-order valence-electron chi connectivity index (χ0n) is 14.3. The van der Waals surface area contributed by atoms with Crippen LogP contribution in [0, 0.1) is 5.82 Å². The molecule has 2 aromatic heterocycles. The number of hydrogen-bond donors (Lipinski definition) is 0. The third-order valence-electron chi connectivity index (χ3n) is 5.12. The first-order valence-corrected chi connectivity index (χ1v) is 8.91. The average Bonchev–Trinajstić information content (AvgIpc) is 3.18. The molecule has 0 amide bonds. The second-order valence-corrected chi connectivity index (χ2v) is 6.64. The van der Waals surface area contributed by atoms with Gasteiger partial charge in [0.05, 0.1) is 16.6 Å². The summed E-state index contributed by atoms with van der Waals surface area (Å²) in [5.74, 6) is 0.843. The van der Waals surface area contributed by atoms with Crippen LogP contribution in [-0.2, 0) is 0 Å². The maximum Gasteiger partial charge on any atom is 0.153 e. The molecule has 4 aromatic rings. The van der Waals surface area contributed by atoms with Gasteiger partial charge >= 0.3 is 0 Å². The highest BCUT2D eigenvalue weighted by atomic mass is 19.1. The predicted octanol–water partition coefficient (Wildman–Crippen LogP) is 3.95. The molecule has 0 atom stereocenters. The summed E-state index contributed by atoms with van der Waals surface area (Å²) in [5, 5.41) is 0. The summed E-state index contributed by atoms with van der Waals surface area (Å²) in [6, 6.07) is 19.2. The van der Waals surface area contributed by atoms with Gasteiger partial charge in [0, 0.05) is 38.1 Å². The Morgan fingerprint density at radius 2 is 1.42 bits per heavy atom. The van der Waals surface area contributed by atoms with Crippen LogP contribution in [0.5, 0.6) is 0 Å². The first-order valence-electron chi connectivity index (χ1n) is 8.91. The van der Waals surface area contributed by atoms with Gasteiger partial charge in [-0.3, -0.25) is 0 Å². The maximum atomic E-state index is 13.1. The van der Waals surface area contributed by atoms with Crippen LogP contribution in [0.15, 0.2) is 66.9 Å². The summed E-state index contributed by atoms with van der Waals surface area (Å²) in [4.78, 5) is 9.59. The molecule has 0 N–H and O–H groups in total. The lowest BCUT2D eigenvalue weighted by Crippen LogP contribution is -2.47. The van der Waals surface area contributed by atoms with Crippen LogP contribution in [0.1, 0.15) is 0 Å². The number of nitrogens with zero attached hydrogens (tertiary/aromatic N) is 4. The normalized spacial score (nSPS) is 15.1. The minimum Gasteiger partial charge on any atom is -0.368 e. The molecule has 4 nitrogen and oxygen atoms in total. The van der Waals surface area contributed by atoms with Gasteiger partial charge < -0.3 is 14.2 Å². The van der Waals surface area contributed by atoms with Crippen LogP contribution in [0.3, 0.4) is 0 Å². The quantitative estimate of drug-likeness (QED) is 0.549. The van der Waals surface area contributed by atoms with E-state index in [9.17, 15) is 4.39 Å². The molecule has 1 fully saturated rings. The van der Waals surface area contributed by atoms with Crippen molar-refractivity contribution >= 4 is 28.1 Å². The molecule has 0 spiro atoms. The lowest BCUT2D eigenvalue weighted by Gasteiger charge is -2.37. The minimum atomic E-state index is -0.191. The Bertz CT molecular complexity index is 1060. The summed E-state index contributed by atoms with van der Waals surface area (Å²) in [5.41, 5.74) is 4.35. The van der Waals surface area contributed by atoms with Gasteiger partial charge in [0.25, 0.3) is 0 Å². The number of benzene rings is 2. The highest BCUT2D eigenvalue weighted by Gasteiger charge is 2.21. The Kier molecular flexibility index (Phi) is 3.52. The molecule has 0 unspecified atom stereocenters. The van der Waals surface area contributed by atoms with E-state index in [1.54, 1.807) is 0 Å². The number of para-hydroxylation sites is 2. The summed E-state index contributed by atoms with van der Waals surface area (Å²) in [6.07, 6.45) is 2.09. The number of halogens is 1. The third kappa shape index (κ3) is 2.47. The van der Waals surface area contributed by atoms with Crippen LogP contribution in [0.2, 0.25) is 0 Å². The van der Waals surface area contributed by atoms with Crippen molar-refractivity contribution in [2.75, 3.05) is 36.0 Å². The van der Waals surface area contributed by atoms with Gasteiger partial charge in [-0.2, -0.15) is 0 Å². The lowest BCUT2D eigenvalue weighted by molar-refractivity contribution is 0.624. The smallest absolute Gasteiger partial charge is 0.153 e. The van der Waals surface area contributed by atoms with Crippen LogP contribution in [0.4, 0.5) is 15.9 Å². The van der Waals surface area contributed by atoms with Crippen molar-refractivity contribution < 1.29 is 4.39 Å². The van der Waals surface area contributed by atoms with Gasteiger partial charge in [0.1, 0.15) is 5.82 Å². The molecule has 1 aliphatic heterocycles. The van der Waals surface area contributed by atoms with E-state index in [1.807, 2.05) is 24.3 Å². The molecule has 0 aliphatic carbocycles. The average molecular weight is 346 g/mol. The van der Waals surface area contributed by atoms with E-state index in [4.69, 9.17) is 4.98 Å².